The molecule has 2 heterocycles. The summed E-state index contributed by atoms with van der Waals surface area (Å²) < 4.78 is 12.4. The zero-order chi connectivity index (χ0) is 26.3. The Morgan fingerprint density at radius 2 is 1.92 bits per heavy atom. The number of hydrogen-bond donors (Lipinski definition) is 2. The number of nitriles is 1. The molecule has 1 saturated carbocycles. The fourth-order valence-electron chi connectivity index (χ4n) is 6.67. The summed E-state index contributed by atoms with van der Waals surface area (Å²) in [4.78, 5) is 21.4. The molecule has 0 spiro atoms. The third kappa shape index (κ3) is 4.12. The molecule has 36 heavy (non-hydrogen) atoms. The van der Waals surface area contributed by atoms with Crippen LogP contribution in [0, 0.1) is 28.1 Å². The lowest BCUT2D eigenvalue weighted by Crippen LogP contribution is -2.79. The average Bonchev–Trinajstić information content (AvgIpc) is 2.85. The van der Waals surface area contributed by atoms with E-state index in [2.05, 4.69) is 43.6 Å². The van der Waals surface area contributed by atoms with Crippen LogP contribution in [-0.2, 0) is 4.79 Å². The number of nitrogens with two attached hydrogens (primary N) is 1. The first-order valence-electron chi connectivity index (χ1n) is 12.4. The molecule has 9 nitrogen and oxygen atoms in total. The average molecular weight is 496 g/mol. The van der Waals surface area contributed by atoms with Crippen molar-refractivity contribution in [1.82, 2.24) is 9.80 Å². The van der Waals surface area contributed by atoms with Crippen molar-refractivity contribution in [2.24, 2.45) is 27.5 Å². The fourth-order valence-corrected chi connectivity index (χ4v) is 6.67. The third-order valence-corrected chi connectivity index (χ3v) is 8.03. The van der Waals surface area contributed by atoms with Crippen LogP contribution in [0.1, 0.15) is 52.5 Å². The van der Waals surface area contributed by atoms with Crippen molar-refractivity contribution in [3.8, 4) is 17.6 Å². The van der Waals surface area contributed by atoms with Crippen LogP contribution in [0.3, 0.4) is 0 Å². The van der Waals surface area contributed by atoms with Gasteiger partial charge in [0.15, 0.2) is 12.0 Å². The zero-order valence-electron chi connectivity index (χ0n) is 21.8. The highest BCUT2D eigenvalue weighted by molar-refractivity contribution is 6.11. The molecule has 1 aliphatic carbocycles. The van der Waals surface area contributed by atoms with Gasteiger partial charge in [-0.2, -0.15) is 5.26 Å². The summed E-state index contributed by atoms with van der Waals surface area (Å²) in [5, 5.41) is 19.1. The smallest absolute Gasteiger partial charge is 0.251 e. The molecule has 2 fully saturated rings. The number of piperidine rings is 1. The normalized spacial score (nSPS) is 24.9. The number of benzene rings is 1. The van der Waals surface area contributed by atoms with Gasteiger partial charge in [-0.05, 0) is 37.3 Å². The first-order valence-corrected chi connectivity index (χ1v) is 12.4. The number of primary amides is 1. The molecule has 1 atom stereocenters. The van der Waals surface area contributed by atoms with E-state index in [9.17, 15) is 15.2 Å². The number of carbonyl (C=O) groups excluding carboxylic acids is 1. The summed E-state index contributed by atoms with van der Waals surface area (Å²) in [6.45, 7) is 10.4. The molecule has 0 radical (unpaired) electrons. The Labute approximate surface area is 213 Å². The number of aliphatic hydroxyl groups is 1. The molecule has 194 valence electrons. The van der Waals surface area contributed by atoms with Gasteiger partial charge in [0.25, 0.3) is 5.91 Å². The van der Waals surface area contributed by atoms with Crippen LogP contribution in [-0.4, -0.2) is 65.8 Å². The van der Waals surface area contributed by atoms with Crippen molar-refractivity contribution in [1.29, 1.82) is 5.26 Å². The van der Waals surface area contributed by atoms with E-state index < -0.39 is 17.9 Å². The van der Waals surface area contributed by atoms with Gasteiger partial charge in [-0.1, -0.05) is 27.7 Å². The second-order valence-electron chi connectivity index (χ2n) is 11.3. The number of ether oxygens (including phenoxy) is 2. The first kappa shape index (κ1) is 26.0. The quantitative estimate of drug-likeness (QED) is 0.596. The molecule has 1 unspecified atom stereocenters. The Hall–Kier alpha value is -3.09. The van der Waals surface area contributed by atoms with Crippen LogP contribution < -0.4 is 15.2 Å². The fraction of sp³-hybridized carbons (Fsp3) is 0.593. The highest BCUT2D eigenvalue weighted by Crippen LogP contribution is 2.65. The number of aliphatic imine (C=N–C) groups is 1. The molecule has 3 N–H and O–H groups in total. The monoisotopic (exact) mass is 495 g/mol. The number of nitrogens with zero attached hydrogens (tertiary/aromatic N) is 4. The van der Waals surface area contributed by atoms with Gasteiger partial charge >= 0.3 is 0 Å². The Morgan fingerprint density at radius 1 is 1.25 bits per heavy atom. The summed E-state index contributed by atoms with van der Waals surface area (Å²) in [5.74, 6) is 0.735. The molecule has 0 aromatic heterocycles. The molecule has 9 heteroatoms. The second-order valence-corrected chi connectivity index (χ2v) is 11.3. The second kappa shape index (κ2) is 9.41. The molecule has 3 aliphatic rings. The zero-order valence-corrected chi connectivity index (χ0v) is 21.8. The topological polar surface area (TPSA) is 124 Å². The minimum absolute atomic E-state index is 0.185. The number of aliphatic hydroxyl groups excluding tert-OH is 1. The van der Waals surface area contributed by atoms with Crippen molar-refractivity contribution >= 4 is 12.1 Å². The molecule has 1 saturated heterocycles. The summed E-state index contributed by atoms with van der Waals surface area (Å²) in [5.41, 5.74) is 4.89. The molecule has 0 bridgehead atoms. The Morgan fingerprint density at radius 3 is 2.44 bits per heavy atom. The van der Waals surface area contributed by atoms with Gasteiger partial charge in [-0.25, -0.2) is 0 Å². The minimum Gasteiger partial charge on any atom is -0.495 e. The number of rotatable bonds is 7. The van der Waals surface area contributed by atoms with E-state index in [0.29, 0.717) is 22.6 Å². The lowest BCUT2D eigenvalue weighted by atomic mass is 9.48. The van der Waals surface area contributed by atoms with E-state index in [4.69, 9.17) is 20.2 Å². The maximum absolute atomic E-state index is 12.2. The first-order chi connectivity index (χ1) is 17.0. The summed E-state index contributed by atoms with van der Waals surface area (Å²) in [7, 11) is 1.53. The van der Waals surface area contributed by atoms with E-state index in [1.54, 1.807) is 30.6 Å². The predicted molar refractivity (Wildman–Crippen MR) is 136 cm³/mol. The van der Waals surface area contributed by atoms with Crippen LogP contribution in [0.5, 0.6) is 11.5 Å². The van der Waals surface area contributed by atoms with Crippen molar-refractivity contribution in [2.75, 3.05) is 26.8 Å². The standard InChI is InChI=1S/C27H37N5O4/c1-25(2)17-26(3,4)27(25,36-21-7-6-19(13-28)22(12-21)35-5)32-15-20(23(29)34)14-30-24(32)31-10-8-18(16-33)9-11-31/h6-7,12,14-15,18,24,33H,8-11,16-17H2,1-5H3,(H2,29,34). The lowest BCUT2D eigenvalue weighted by Gasteiger charge is -2.70. The number of hydrogen-bond acceptors (Lipinski definition) is 8. The van der Waals surface area contributed by atoms with E-state index in [-0.39, 0.29) is 23.4 Å². The van der Waals surface area contributed by atoms with Gasteiger partial charge in [0.05, 0.1) is 18.2 Å². The number of likely N-dealkylation sites (tertiary alicyclic amines) is 1. The van der Waals surface area contributed by atoms with Crippen LogP contribution in [0.15, 0.2) is 35.0 Å². The van der Waals surface area contributed by atoms with Crippen LogP contribution in [0.25, 0.3) is 0 Å². The maximum atomic E-state index is 12.2. The highest BCUT2D eigenvalue weighted by atomic mass is 16.5. The van der Waals surface area contributed by atoms with E-state index in [1.165, 1.54) is 7.11 Å². The Kier molecular flexibility index (Phi) is 6.80. The molecular weight excluding hydrogens is 458 g/mol. The molecule has 1 aromatic carbocycles. The number of carbonyl (C=O) groups is 1. The maximum Gasteiger partial charge on any atom is 0.251 e. The Balaban J connectivity index is 1.81. The summed E-state index contributed by atoms with van der Waals surface area (Å²) in [6, 6.07) is 7.35. The molecular formula is C27H37N5O4. The van der Waals surface area contributed by atoms with Gasteiger partial charge in [-0.15, -0.1) is 0 Å². The largest absolute Gasteiger partial charge is 0.495 e. The van der Waals surface area contributed by atoms with Crippen molar-refractivity contribution < 1.29 is 19.4 Å². The summed E-state index contributed by atoms with van der Waals surface area (Å²) in [6.07, 6.45) is 5.58. The van der Waals surface area contributed by atoms with Crippen molar-refractivity contribution in [2.45, 2.75) is 59.0 Å². The highest BCUT2D eigenvalue weighted by Gasteiger charge is 2.72. The van der Waals surface area contributed by atoms with Gasteiger partial charge in [0.1, 0.15) is 17.6 Å². The van der Waals surface area contributed by atoms with Gasteiger partial charge in [-0.3, -0.25) is 14.7 Å². The van der Waals surface area contributed by atoms with Crippen LogP contribution >= 0.6 is 0 Å². The number of amides is 1. The minimum atomic E-state index is -0.893. The summed E-state index contributed by atoms with van der Waals surface area (Å²) >= 11 is 0. The lowest BCUT2D eigenvalue weighted by molar-refractivity contribution is -0.314. The van der Waals surface area contributed by atoms with Crippen molar-refractivity contribution in [3.63, 3.8) is 0 Å². The van der Waals surface area contributed by atoms with Crippen LogP contribution in [0.2, 0.25) is 0 Å². The molecule has 4 rings (SSSR count). The molecule has 1 amide bonds. The SMILES string of the molecule is COc1cc(OC2(N3C=C(C(N)=O)C=NC3N3CCC(CO)CC3)C(C)(C)CC2(C)C)ccc1C#N. The third-order valence-electron chi connectivity index (χ3n) is 8.03. The predicted octanol–water partition coefficient (Wildman–Crippen LogP) is 2.84. The van der Waals surface area contributed by atoms with E-state index in [1.807, 2.05) is 0 Å². The van der Waals surface area contributed by atoms with Gasteiger partial charge in [0.2, 0.25) is 0 Å². The van der Waals surface area contributed by atoms with E-state index >= 15 is 0 Å². The Bertz CT molecular complexity index is 1100. The van der Waals surface area contributed by atoms with Crippen molar-refractivity contribution in [3.05, 3.63) is 35.5 Å². The molecule has 1 aromatic rings. The number of methoxy groups -OCH3 is 1. The van der Waals surface area contributed by atoms with Gasteiger partial charge < -0.3 is 25.2 Å². The van der Waals surface area contributed by atoms with E-state index in [0.717, 1.165) is 32.4 Å². The molecule has 2 aliphatic heterocycles. The van der Waals surface area contributed by atoms with Gasteiger partial charge in [0, 0.05) is 49.0 Å². The van der Waals surface area contributed by atoms with Crippen LogP contribution in [0.4, 0.5) is 0 Å².